The Balaban J connectivity index is 2.49. The molecule has 0 bridgehead atoms. The van der Waals surface area contributed by atoms with E-state index in [4.69, 9.17) is 10.5 Å². The fourth-order valence-corrected chi connectivity index (χ4v) is 1.79. The molecule has 100 valence electrons. The van der Waals surface area contributed by atoms with E-state index in [1.807, 2.05) is 0 Å². The van der Waals surface area contributed by atoms with Gasteiger partial charge >= 0.3 is 0 Å². The van der Waals surface area contributed by atoms with Crippen molar-refractivity contribution in [2.75, 3.05) is 13.7 Å². The lowest BCUT2D eigenvalue weighted by atomic mass is 10.0. The molecule has 0 aliphatic heterocycles. The highest BCUT2D eigenvalue weighted by atomic mass is 19.1. The van der Waals surface area contributed by atoms with E-state index in [1.54, 1.807) is 18.2 Å². The van der Waals surface area contributed by atoms with E-state index in [0.717, 1.165) is 19.3 Å². The van der Waals surface area contributed by atoms with E-state index in [9.17, 15) is 9.18 Å². The zero-order valence-electron chi connectivity index (χ0n) is 10.7. The van der Waals surface area contributed by atoms with Crippen LogP contribution in [0.2, 0.25) is 0 Å². The first kappa shape index (κ1) is 14.6. The predicted molar refractivity (Wildman–Crippen MR) is 69.2 cm³/mol. The van der Waals surface area contributed by atoms with Crippen LogP contribution in [0.25, 0.3) is 0 Å². The summed E-state index contributed by atoms with van der Waals surface area (Å²) >= 11 is 0. The van der Waals surface area contributed by atoms with Gasteiger partial charge in [-0.05, 0) is 31.0 Å². The lowest BCUT2D eigenvalue weighted by molar-refractivity contribution is -0.118. The third-order valence-corrected chi connectivity index (χ3v) is 2.81. The van der Waals surface area contributed by atoms with Crippen LogP contribution < -0.4 is 10.5 Å². The third-order valence-electron chi connectivity index (χ3n) is 2.81. The summed E-state index contributed by atoms with van der Waals surface area (Å²) in [6, 6.07) is 4.86. The summed E-state index contributed by atoms with van der Waals surface area (Å²) in [5, 5.41) is 0. The van der Waals surface area contributed by atoms with Crippen molar-refractivity contribution in [3.05, 3.63) is 29.6 Å². The Bertz CT molecular complexity index is 393. The van der Waals surface area contributed by atoms with Crippen LogP contribution in [0.3, 0.4) is 0 Å². The Kier molecular flexibility index (Phi) is 6.36. The molecule has 2 N–H and O–H groups in total. The number of ketones is 1. The third kappa shape index (κ3) is 4.45. The van der Waals surface area contributed by atoms with Crippen LogP contribution in [-0.2, 0) is 11.2 Å². The maximum Gasteiger partial charge on any atom is 0.168 e. The number of hydrogen-bond acceptors (Lipinski definition) is 3. The molecule has 4 heteroatoms. The number of ether oxygens (including phenoxy) is 1. The molecule has 0 atom stereocenters. The largest absolute Gasteiger partial charge is 0.494 e. The molecule has 1 rings (SSSR count). The summed E-state index contributed by atoms with van der Waals surface area (Å²) in [7, 11) is 1.41. The normalized spacial score (nSPS) is 10.4. The zero-order valence-corrected chi connectivity index (χ0v) is 10.7. The number of carbonyl (C=O) groups excluding carboxylic acids is 1. The van der Waals surface area contributed by atoms with Gasteiger partial charge in [-0.25, -0.2) is 4.39 Å². The van der Waals surface area contributed by atoms with Crippen molar-refractivity contribution in [2.24, 2.45) is 5.73 Å². The highest BCUT2D eigenvalue weighted by Crippen LogP contribution is 2.20. The second-order valence-corrected chi connectivity index (χ2v) is 4.25. The van der Waals surface area contributed by atoms with Crippen molar-refractivity contribution in [1.82, 2.24) is 0 Å². The minimum Gasteiger partial charge on any atom is -0.494 e. The van der Waals surface area contributed by atoms with Gasteiger partial charge in [-0.1, -0.05) is 18.6 Å². The van der Waals surface area contributed by atoms with Gasteiger partial charge < -0.3 is 10.5 Å². The summed E-state index contributed by atoms with van der Waals surface area (Å²) in [5.41, 5.74) is 5.77. The van der Waals surface area contributed by atoms with Crippen LogP contribution in [0.5, 0.6) is 5.75 Å². The maximum absolute atomic E-state index is 13.8. The fourth-order valence-electron chi connectivity index (χ4n) is 1.79. The number of methoxy groups -OCH3 is 1. The summed E-state index contributed by atoms with van der Waals surface area (Å²) in [5.74, 6) is -0.196. The highest BCUT2D eigenvalue weighted by molar-refractivity contribution is 5.81. The van der Waals surface area contributed by atoms with Gasteiger partial charge in [0.05, 0.1) is 7.11 Å². The Morgan fingerprint density at radius 2 is 2.11 bits per heavy atom. The van der Waals surface area contributed by atoms with Gasteiger partial charge in [0, 0.05) is 12.8 Å². The molecule has 0 heterocycles. The smallest absolute Gasteiger partial charge is 0.168 e. The van der Waals surface area contributed by atoms with Gasteiger partial charge in [-0.3, -0.25) is 4.79 Å². The van der Waals surface area contributed by atoms with Gasteiger partial charge in [0.15, 0.2) is 11.6 Å². The van der Waals surface area contributed by atoms with Crippen molar-refractivity contribution in [3.63, 3.8) is 0 Å². The Morgan fingerprint density at radius 3 is 2.78 bits per heavy atom. The molecule has 0 aliphatic rings. The number of unbranched alkanes of at least 4 members (excludes halogenated alkanes) is 2. The average molecular weight is 253 g/mol. The molecular weight excluding hydrogens is 233 g/mol. The van der Waals surface area contributed by atoms with Crippen LogP contribution >= 0.6 is 0 Å². The molecule has 0 spiro atoms. The number of nitrogens with two attached hydrogens (primary N) is 1. The zero-order chi connectivity index (χ0) is 13.4. The first-order chi connectivity index (χ1) is 8.69. The SMILES string of the molecule is COc1cccc(CC(=O)CCCCCN)c1F. The lowest BCUT2D eigenvalue weighted by Gasteiger charge is -2.06. The molecule has 0 amide bonds. The summed E-state index contributed by atoms with van der Waals surface area (Å²) in [6.45, 7) is 0.651. The molecular formula is C14H20FNO2. The molecule has 1 aromatic rings. The molecule has 0 aliphatic carbocycles. The molecule has 18 heavy (non-hydrogen) atoms. The van der Waals surface area contributed by atoms with E-state index in [0.29, 0.717) is 18.5 Å². The van der Waals surface area contributed by atoms with E-state index in [-0.39, 0.29) is 18.0 Å². The molecule has 0 radical (unpaired) electrons. The molecule has 3 nitrogen and oxygen atoms in total. The van der Waals surface area contributed by atoms with Crippen LogP contribution in [0.15, 0.2) is 18.2 Å². The van der Waals surface area contributed by atoms with Gasteiger partial charge in [0.2, 0.25) is 0 Å². The van der Waals surface area contributed by atoms with E-state index in [2.05, 4.69) is 0 Å². The van der Waals surface area contributed by atoms with Crippen molar-refractivity contribution < 1.29 is 13.9 Å². The summed E-state index contributed by atoms with van der Waals surface area (Å²) < 4.78 is 18.7. The topological polar surface area (TPSA) is 52.3 Å². The van der Waals surface area contributed by atoms with E-state index < -0.39 is 5.82 Å². The van der Waals surface area contributed by atoms with Crippen LogP contribution in [-0.4, -0.2) is 19.4 Å². The number of halogens is 1. The van der Waals surface area contributed by atoms with Crippen LogP contribution in [0.4, 0.5) is 4.39 Å². The van der Waals surface area contributed by atoms with Crippen LogP contribution in [0.1, 0.15) is 31.2 Å². The van der Waals surface area contributed by atoms with Gasteiger partial charge in [0.1, 0.15) is 5.78 Å². The second kappa shape index (κ2) is 7.82. The van der Waals surface area contributed by atoms with E-state index in [1.165, 1.54) is 7.11 Å². The number of rotatable bonds is 8. The van der Waals surface area contributed by atoms with Gasteiger partial charge in [-0.15, -0.1) is 0 Å². The molecule has 0 fully saturated rings. The summed E-state index contributed by atoms with van der Waals surface area (Å²) in [4.78, 5) is 11.7. The molecule has 1 aromatic carbocycles. The molecule has 0 saturated heterocycles. The number of Topliss-reactive ketones (excluding diaryl/α,β-unsaturated/α-hetero) is 1. The average Bonchev–Trinajstić information content (AvgIpc) is 2.37. The first-order valence-corrected chi connectivity index (χ1v) is 6.22. The summed E-state index contributed by atoms with van der Waals surface area (Å²) in [6.07, 6.45) is 3.31. The minimum absolute atomic E-state index is 0.0548. The van der Waals surface area contributed by atoms with Crippen molar-refractivity contribution >= 4 is 5.78 Å². The lowest BCUT2D eigenvalue weighted by Crippen LogP contribution is -2.06. The Labute approximate surface area is 107 Å². The van der Waals surface area contributed by atoms with Gasteiger partial charge in [-0.2, -0.15) is 0 Å². The van der Waals surface area contributed by atoms with Crippen LogP contribution in [0, 0.1) is 5.82 Å². The quantitative estimate of drug-likeness (QED) is 0.724. The Morgan fingerprint density at radius 1 is 1.33 bits per heavy atom. The first-order valence-electron chi connectivity index (χ1n) is 6.22. The predicted octanol–water partition coefficient (Wildman–Crippen LogP) is 2.46. The minimum atomic E-state index is -0.435. The molecule has 0 aromatic heterocycles. The fraction of sp³-hybridized carbons (Fsp3) is 0.500. The number of benzene rings is 1. The number of hydrogen-bond donors (Lipinski definition) is 1. The van der Waals surface area contributed by atoms with Crippen molar-refractivity contribution in [2.45, 2.75) is 32.1 Å². The van der Waals surface area contributed by atoms with Crippen molar-refractivity contribution in [3.8, 4) is 5.75 Å². The highest BCUT2D eigenvalue weighted by Gasteiger charge is 2.11. The van der Waals surface area contributed by atoms with Gasteiger partial charge in [0.25, 0.3) is 0 Å². The van der Waals surface area contributed by atoms with E-state index >= 15 is 0 Å². The molecule has 0 saturated carbocycles. The standard InChI is InChI=1S/C14H20FNO2/c1-18-13-8-5-6-11(14(13)15)10-12(17)7-3-2-4-9-16/h5-6,8H,2-4,7,9-10,16H2,1H3. The molecule has 0 unspecified atom stereocenters. The Hall–Kier alpha value is -1.42. The maximum atomic E-state index is 13.8. The number of carbonyl (C=O) groups is 1. The van der Waals surface area contributed by atoms with Crippen molar-refractivity contribution in [1.29, 1.82) is 0 Å². The second-order valence-electron chi connectivity index (χ2n) is 4.25. The monoisotopic (exact) mass is 253 g/mol.